The molecule has 0 bridgehead atoms. The third-order valence-corrected chi connectivity index (χ3v) is 6.99. The highest BCUT2D eigenvalue weighted by Gasteiger charge is 2.43. The van der Waals surface area contributed by atoms with Crippen LogP contribution in [0.4, 0.5) is 13.2 Å². The van der Waals surface area contributed by atoms with Crippen LogP contribution < -0.4 is 10.1 Å². The number of rotatable bonds is 7. The number of benzene rings is 1. The molecule has 0 spiro atoms. The summed E-state index contributed by atoms with van der Waals surface area (Å²) in [5.74, 6) is -0.567. The highest BCUT2D eigenvalue weighted by atomic mass is 19.4. The maximum atomic E-state index is 13.5. The van der Waals surface area contributed by atoms with Crippen LogP contribution in [0, 0.1) is 5.92 Å². The van der Waals surface area contributed by atoms with Gasteiger partial charge >= 0.3 is 6.36 Å². The van der Waals surface area contributed by atoms with Gasteiger partial charge in [0.15, 0.2) is 0 Å². The standard InChI is InChI=1S/C24H33F3N2O5/c1-3-33-21-12-17(28-20-7-9-32-14-22(20)31-2)11-19(21)23(30)29-8-6-15-4-5-18(10-16(15)13-29)34-24(25,26)27/h4-5,10,17,19-22,28H,3,6-9,11-14H2,1-2H3/t17?,19-,20?,21-,22?/m1/s1. The molecule has 2 heterocycles. The van der Waals surface area contributed by atoms with Gasteiger partial charge in [0.1, 0.15) is 5.75 Å². The van der Waals surface area contributed by atoms with Gasteiger partial charge in [0, 0.05) is 45.5 Å². The van der Waals surface area contributed by atoms with E-state index in [4.69, 9.17) is 14.2 Å². The first-order valence-corrected chi connectivity index (χ1v) is 11.9. The smallest absolute Gasteiger partial charge is 0.406 e. The number of fused-ring (bicyclic) bond motifs is 1. The monoisotopic (exact) mass is 486 g/mol. The lowest BCUT2D eigenvalue weighted by atomic mass is 9.96. The maximum Gasteiger partial charge on any atom is 0.573 e. The molecule has 1 amide bonds. The lowest BCUT2D eigenvalue weighted by Crippen LogP contribution is -2.50. The van der Waals surface area contributed by atoms with Gasteiger partial charge in [-0.25, -0.2) is 0 Å². The van der Waals surface area contributed by atoms with Gasteiger partial charge in [0.2, 0.25) is 5.91 Å². The van der Waals surface area contributed by atoms with Gasteiger partial charge in [0.25, 0.3) is 0 Å². The largest absolute Gasteiger partial charge is 0.573 e. The summed E-state index contributed by atoms with van der Waals surface area (Å²) in [6.45, 7) is 4.45. The molecule has 34 heavy (non-hydrogen) atoms. The van der Waals surface area contributed by atoms with Crippen molar-refractivity contribution in [2.24, 2.45) is 5.92 Å². The summed E-state index contributed by atoms with van der Waals surface area (Å²) in [6.07, 6.45) is -2.15. The molecule has 1 aliphatic carbocycles. The second-order valence-corrected chi connectivity index (χ2v) is 9.17. The summed E-state index contributed by atoms with van der Waals surface area (Å²) >= 11 is 0. The number of carbonyl (C=O) groups excluding carboxylic acids is 1. The summed E-state index contributed by atoms with van der Waals surface area (Å²) in [7, 11) is 1.68. The molecule has 7 nitrogen and oxygen atoms in total. The predicted molar refractivity (Wildman–Crippen MR) is 117 cm³/mol. The van der Waals surface area contributed by atoms with Crippen molar-refractivity contribution in [1.82, 2.24) is 10.2 Å². The van der Waals surface area contributed by atoms with Crippen LogP contribution in [0.2, 0.25) is 0 Å². The van der Waals surface area contributed by atoms with Crippen molar-refractivity contribution in [2.45, 2.75) is 69.8 Å². The predicted octanol–water partition coefficient (Wildman–Crippen LogP) is 3.05. The van der Waals surface area contributed by atoms with Gasteiger partial charge in [-0.3, -0.25) is 4.79 Å². The van der Waals surface area contributed by atoms with Crippen molar-refractivity contribution < 1.29 is 36.9 Å². The Kier molecular flexibility index (Phi) is 8.01. The molecule has 1 saturated carbocycles. The zero-order valence-electron chi connectivity index (χ0n) is 19.6. The highest BCUT2D eigenvalue weighted by Crippen LogP contribution is 2.34. The quantitative estimate of drug-likeness (QED) is 0.639. The molecule has 1 aromatic rings. The molecule has 190 valence electrons. The Morgan fingerprint density at radius 2 is 2.06 bits per heavy atom. The lowest BCUT2D eigenvalue weighted by molar-refractivity contribution is -0.274. The Labute approximate surface area is 197 Å². The number of hydrogen-bond donors (Lipinski definition) is 1. The first-order valence-electron chi connectivity index (χ1n) is 11.9. The molecule has 1 aromatic carbocycles. The van der Waals surface area contributed by atoms with Gasteiger partial charge in [-0.2, -0.15) is 0 Å². The Hall–Kier alpha value is -1.88. The van der Waals surface area contributed by atoms with Crippen molar-refractivity contribution >= 4 is 5.91 Å². The van der Waals surface area contributed by atoms with Crippen molar-refractivity contribution in [3.63, 3.8) is 0 Å². The minimum atomic E-state index is -4.75. The Morgan fingerprint density at radius 1 is 1.24 bits per heavy atom. The number of alkyl halides is 3. The number of nitrogens with one attached hydrogen (secondary N) is 1. The third kappa shape index (κ3) is 6.02. The fraction of sp³-hybridized carbons (Fsp3) is 0.708. The van der Waals surface area contributed by atoms with Crippen LogP contribution in [0.5, 0.6) is 5.75 Å². The van der Waals surface area contributed by atoms with E-state index in [1.54, 1.807) is 18.1 Å². The van der Waals surface area contributed by atoms with Crippen molar-refractivity contribution in [1.29, 1.82) is 0 Å². The van der Waals surface area contributed by atoms with Gasteiger partial charge in [-0.15, -0.1) is 13.2 Å². The van der Waals surface area contributed by atoms with E-state index in [1.165, 1.54) is 12.1 Å². The zero-order valence-corrected chi connectivity index (χ0v) is 19.6. The molecule has 3 aliphatic rings. The van der Waals surface area contributed by atoms with Crippen molar-refractivity contribution in [2.75, 3.05) is 33.5 Å². The molecule has 0 radical (unpaired) electrons. The SMILES string of the molecule is CCO[C@@H]1CC(NC2CCOCC2OC)C[C@H]1C(=O)N1CCc2ccc(OC(F)(F)F)cc2C1. The molecule has 4 rings (SSSR count). The van der Waals surface area contributed by atoms with Crippen LogP contribution in [0.15, 0.2) is 18.2 Å². The van der Waals surface area contributed by atoms with E-state index in [-0.39, 0.29) is 48.4 Å². The van der Waals surface area contributed by atoms with Crippen molar-refractivity contribution in [3.8, 4) is 5.75 Å². The molecule has 0 aromatic heterocycles. The van der Waals surface area contributed by atoms with Crippen LogP contribution in [0.1, 0.15) is 37.3 Å². The number of methoxy groups -OCH3 is 1. The fourth-order valence-corrected chi connectivity index (χ4v) is 5.38. The highest BCUT2D eigenvalue weighted by molar-refractivity contribution is 5.80. The second-order valence-electron chi connectivity index (χ2n) is 9.17. The first kappa shape index (κ1) is 25.2. The van der Waals surface area contributed by atoms with Gasteiger partial charge in [-0.05, 0) is 55.9 Å². The molecule has 1 saturated heterocycles. The summed E-state index contributed by atoms with van der Waals surface area (Å²) in [5.41, 5.74) is 1.63. The minimum absolute atomic E-state index is 0.00851. The van der Waals surface area contributed by atoms with E-state index >= 15 is 0 Å². The summed E-state index contributed by atoms with van der Waals surface area (Å²) in [6, 6.07) is 4.64. The van der Waals surface area contributed by atoms with E-state index in [0.717, 1.165) is 18.4 Å². The van der Waals surface area contributed by atoms with Crippen molar-refractivity contribution in [3.05, 3.63) is 29.3 Å². The number of amides is 1. The van der Waals surface area contributed by atoms with Crippen LogP contribution >= 0.6 is 0 Å². The van der Waals surface area contributed by atoms with Gasteiger partial charge < -0.3 is 29.2 Å². The number of hydrogen-bond acceptors (Lipinski definition) is 6. The number of carbonyl (C=O) groups is 1. The Bertz CT molecular complexity index is 852. The molecule has 1 N–H and O–H groups in total. The lowest BCUT2D eigenvalue weighted by Gasteiger charge is -2.33. The molecular formula is C24H33F3N2O5. The van der Waals surface area contributed by atoms with E-state index in [9.17, 15) is 18.0 Å². The Balaban J connectivity index is 1.42. The fourth-order valence-electron chi connectivity index (χ4n) is 5.38. The average molecular weight is 487 g/mol. The number of ether oxygens (including phenoxy) is 4. The number of nitrogens with zero attached hydrogens (tertiary/aromatic N) is 1. The van der Waals surface area contributed by atoms with Gasteiger partial charge in [-0.1, -0.05) is 6.07 Å². The Morgan fingerprint density at radius 3 is 2.79 bits per heavy atom. The van der Waals surface area contributed by atoms with E-state index < -0.39 is 6.36 Å². The second kappa shape index (κ2) is 10.8. The van der Waals surface area contributed by atoms with E-state index in [1.807, 2.05) is 6.92 Å². The number of halogens is 3. The minimum Gasteiger partial charge on any atom is -0.406 e. The van der Waals surface area contributed by atoms with E-state index in [2.05, 4.69) is 10.1 Å². The summed E-state index contributed by atoms with van der Waals surface area (Å²) in [5, 5.41) is 3.66. The van der Waals surface area contributed by atoms with Gasteiger partial charge in [0.05, 0.1) is 24.7 Å². The third-order valence-electron chi connectivity index (χ3n) is 6.99. The molecular weight excluding hydrogens is 453 g/mol. The van der Waals surface area contributed by atoms with Crippen LogP contribution in [-0.2, 0) is 32.0 Å². The van der Waals surface area contributed by atoms with E-state index in [0.29, 0.717) is 44.8 Å². The molecule has 5 atom stereocenters. The summed E-state index contributed by atoms with van der Waals surface area (Å²) in [4.78, 5) is 15.3. The molecule has 2 fully saturated rings. The van der Waals surface area contributed by atoms with Crippen LogP contribution in [0.3, 0.4) is 0 Å². The summed E-state index contributed by atoms with van der Waals surface area (Å²) < 4.78 is 59.0. The topological polar surface area (TPSA) is 69.3 Å². The zero-order chi connectivity index (χ0) is 24.3. The average Bonchev–Trinajstić information content (AvgIpc) is 3.19. The maximum absolute atomic E-state index is 13.5. The first-order chi connectivity index (χ1) is 16.3. The molecule has 2 aliphatic heterocycles. The normalized spacial score (nSPS) is 29.7. The van der Waals surface area contributed by atoms with Crippen LogP contribution in [-0.4, -0.2) is 74.9 Å². The van der Waals surface area contributed by atoms with Crippen LogP contribution in [0.25, 0.3) is 0 Å². The molecule has 10 heteroatoms. The molecule has 3 unspecified atom stereocenters.